The summed E-state index contributed by atoms with van der Waals surface area (Å²) in [4.78, 5) is 13.8. The summed E-state index contributed by atoms with van der Waals surface area (Å²) >= 11 is 0. The van der Waals surface area contributed by atoms with Gasteiger partial charge in [-0.05, 0) is 37.1 Å². The van der Waals surface area contributed by atoms with E-state index in [0.717, 1.165) is 38.2 Å². The lowest BCUT2D eigenvalue weighted by atomic mass is 10.0. The molecule has 0 unspecified atom stereocenters. The second kappa shape index (κ2) is 6.97. The number of terminal acetylenes is 1. The Bertz CT molecular complexity index is 481. The molecule has 4 nitrogen and oxygen atoms in total. The SMILES string of the molecule is C#CCN1CCC(Nc2ccc(C(=O)NC)cc2)CC1. The lowest BCUT2D eigenvalue weighted by molar-refractivity contribution is 0.0963. The zero-order valence-corrected chi connectivity index (χ0v) is 11.9. The monoisotopic (exact) mass is 271 g/mol. The molecule has 1 amide bonds. The van der Waals surface area contributed by atoms with Gasteiger partial charge >= 0.3 is 0 Å². The number of hydrogen-bond donors (Lipinski definition) is 2. The molecule has 1 saturated heterocycles. The van der Waals surface area contributed by atoms with E-state index in [1.165, 1.54) is 0 Å². The maximum Gasteiger partial charge on any atom is 0.251 e. The van der Waals surface area contributed by atoms with Gasteiger partial charge in [0.05, 0.1) is 6.54 Å². The van der Waals surface area contributed by atoms with Gasteiger partial charge in [0.15, 0.2) is 0 Å². The number of nitrogens with zero attached hydrogens (tertiary/aromatic N) is 1. The van der Waals surface area contributed by atoms with Gasteiger partial charge in [-0.15, -0.1) is 6.42 Å². The quantitative estimate of drug-likeness (QED) is 0.817. The van der Waals surface area contributed by atoms with Crippen LogP contribution in [-0.4, -0.2) is 43.5 Å². The summed E-state index contributed by atoms with van der Waals surface area (Å²) in [5.41, 5.74) is 1.75. The molecule has 1 aromatic carbocycles. The molecule has 0 atom stereocenters. The first-order valence-corrected chi connectivity index (χ1v) is 6.97. The highest BCUT2D eigenvalue weighted by Crippen LogP contribution is 2.17. The Labute approximate surface area is 120 Å². The molecule has 106 valence electrons. The fraction of sp³-hybridized carbons (Fsp3) is 0.438. The lowest BCUT2D eigenvalue weighted by Crippen LogP contribution is -2.39. The van der Waals surface area contributed by atoms with E-state index < -0.39 is 0 Å². The van der Waals surface area contributed by atoms with Crippen LogP contribution in [0, 0.1) is 12.3 Å². The van der Waals surface area contributed by atoms with Gasteiger partial charge in [0.2, 0.25) is 0 Å². The van der Waals surface area contributed by atoms with Gasteiger partial charge in [0, 0.05) is 37.4 Å². The maximum absolute atomic E-state index is 11.5. The van der Waals surface area contributed by atoms with E-state index in [1.807, 2.05) is 24.3 Å². The average Bonchev–Trinajstić information content (AvgIpc) is 2.49. The highest BCUT2D eigenvalue weighted by atomic mass is 16.1. The standard InChI is InChI=1S/C16H21N3O/c1-3-10-19-11-8-15(9-12-19)18-14-6-4-13(5-7-14)16(20)17-2/h1,4-7,15,18H,8-12H2,2H3,(H,17,20). The number of hydrogen-bond acceptors (Lipinski definition) is 3. The number of nitrogens with one attached hydrogen (secondary N) is 2. The molecule has 4 heteroatoms. The largest absolute Gasteiger partial charge is 0.382 e. The molecule has 0 spiro atoms. The predicted octanol–water partition coefficient (Wildman–Crippen LogP) is 1.56. The number of carbonyl (C=O) groups is 1. The number of anilines is 1. The topological polar surface area (TPSA) is 44.4 Å². The van der Waals surface area contributed by atoms with Crippen molar-refractivity contribution in [3.63, 3.8) is 0 Å². The molecule has 1 aliphatic rings. The number of carbonyl (C=O) groups excluding carboxylic acids is 1. The molecule has 1 aromatic rings. The van der Waals surface area contributed by atoms with Crippen LogP contribution in [0.3, 0.4) is 0 Å². The molecule has 0 aliphatic carbocycles. The Morgan fingerprint density at radius 3 is 2.55 bits per heavy atom. The molecule has 0 aromatic heterocycles. The Hall–Kier alpha value is -1.99. The van der Waals surface area contributed by atoms with E-state index in [0.29, 0.717) is 11.6 Å². The van der Waals surface area contributed by atoms with Crippen molar-refractivity contribution in [3.8, 4) is 12.3 Å². The minimum Gasteiger partial charge on any atom is -0.382 e. The van der Waals surface area contributed by atoms with Crippen molar-refractivity contribution < 1.29 is 4.79 Å². The van der Waals surface area contributed by atoms with Crippen LogP contribution in [0.15, 0.2) is 24.3 Å². The summed E-state index contributed by atoms with van der Waals surface area (Å²) in [5.74, 6) is 2.64. The molecule has 0 radical (unpaired) electrons. The minimum absolute atomic E-state index is 0.0563. The zero-order chi connectivity index (χ0) is 14.4. The van der Waals surface area contributed by atoms with Crippen molar-refractivity contribution in [2.24, 2.45) is 0 Å². The third-order valence-electron chi connectivity index (χ3n) is 3.65. The molecule has 1 fully saturated rings. The summed E-state index contributed by atoms with van der Waals surface area (Å²) in [6, 6.07) is 8.08. The van der Waals surface area contributed by atoms with Crippen molar-refractivity contribution in [1.29, 1.82) is 0 Å². The molecule has 20 heavy (non-hydrogen) atoms. The predicted molar refractivity (Wildman–Crippen MR) is 81.7 cm³/mol. The smallest absolute Gasteiger partial charge is 0.251 e. The third-order valence-corrected chi connectivity index (χ3v) is 3.65. The molecule has 1 aliphatic heterocycles. The van der Waals surface area contributed by atoms with Crippen LogP contribution in [0.25, 0.3) is 0 Å². The van der Waals surface area contributed by atoms with Crippen LogP contribution in [-0.2, 0) is 0 Å². The first-order chi connectivity index (χ1) is 9.72. The van der Waals surface area contributed by atoms with E-state index >= 15 is 0 Å². The molecule has 2 N–H and O–H groups in total. The van der Waals surface area contributed by atoms with E-state index in [1.54, 1.807) is 7.05 Å². The Kier molecular flexibility index (Phi) is 5.03. The second-order valence-corrected chi connectivity index (χ2v) is 5.06. The van der Waals surface area contributed by atoms with Gasteiger partial charge in [-0.2, -0.15) is 0 Å². The van der Waals surface area contributed by atoms with Crippen molar-refractivity contribution in [1.82, 2.24) is 10.2 Å². The highest BCUT2D eigenvalue weighted by Gasteiger charge is 2.18. The van der Waals surface area contributed by atoms with Crippen LogP contribution < -0.4 is 10.6 Å². The van der Waals surface area contributed by atoms with Crippen LogP contribution in [0.5, 0.6) is 0 Å². The first-order valence-electron chi connectivity index (χ1n) is 6.97. The molecule has 0 saturated carbocycles. The van der Waals surface area contributed by atoms with Crippen LogP contribution in [0.4, 0.5) is 5.69 Å². The van der Waals surface area contributed by atoms with Gasteiger partial charge in [-0.3, -0.25) is 9.69 Å². The lowest BCUT2D eigenvalue weighted by Gasteiger charge is -2.31. The number of benzene rings is 1. The maximum atomic E-state index is 11.5. The Morgan fingerprint density at radius 1 is 1.35 bits per heavy atom. The molecule has 1 heterocycles. The minimum atomic E-state index is -0.0563. The third kappa shape index (κ3) is 3.75. The molecular formula is C16H21N3O. The summed E-state index contributed by atoms with van der Waals surface area (Å²) < 4.78 is 0. The summed E-state index contributed by atoms with van der Waals surface area (Å²) in [6.07, 6.45) is 7.52. The van der Waals surface area contributed by atoms with E-state index in [9.17, 15) is 4.79 Å². The van der Waals surface area contributed by atoms with Crippen molar-refractivity contribution in [2.45, 2.75) is 18.9 Å². The van der Waals surface area contributed by atoms with Gasteiger partial charge in [0.25, 0.3) is 5.91 Å². The second-order valence-electron chi connectivity index (χ2n) is 5.06. The van der Waals surface area contributed by atoms with Crippen LogP contribution in [0.1, 0.15) is 23.2 Å². The highest BCUT2D eigenvalue weighted by molar-refractivity contribution is 5.94. The molecule has 2 rings (SSSR count). The average molecular weight is 271 g/mol. The zero-order valence-electron chi connectivity index (χ0n) is 11.9. The van der Waals surface area contributed by atoms with Crippen molar-refractivity contribution in [2.75, 3.05) is 32.0 Å². The number of likely N-dealkylation sites (tertiary alicyclic amines) is 1. The number of piperidine rings is 1. The van der Waals surface area contributed by atoms with E-state index in [2.05, 4.69) is 21.5 Å². The Morgan fingerprint density at radius 2 is 2.00 bits per heavy atom. The van der Waals surface area contributed by atoms with E-state index in [-0.39, 0.29) is 5.91 Å². The van der Waals surface area contributed by atoms with Gasteiger partial charge in [-0.25, -0.2) is 0 Å². The molecule has 0 bridgehead atoms. The fourth-order valence-electron chi connectivity index (χ4n) is 2.46. The summed E-state index contributed by atoms with van der Waals surface area (Å²) in [6.45, 7) is 2.82. The van der Waals surface area contributed by atoms with Gasteiger partial charge in [0.1, 0.15) is 0 Å². The van der Waals surface area contributed by atoms with Gasteiger partial charge < -0.3 is 10.6 Å². The van der Waals surface area contributed by atoms with Gasteiger partial charge in [-0.1, -0.05) is 5.92 Å². The number of rotatable bonds is 4. The first kappa shape index (κ1) is 14.4. The Balaban J connectivity index is 1.85. The van der Waals surface area contributed by atoms with Crippen molar-refractivity contribution >= 4 is 11.6 Å². The van der Waals surface area contributed by atoms with Crippen LogP contribution >= 0.6 is 0 Å². The van der Waals surface area contributed by atoms with Crippen LogP contribution in [0.2, 0.25) is 0 Å². The van der Waals surface area contributed by atoms with E-state index in [4.69, 9.17) is 6.42 Å². The number of amides is 1. The summed E-state index contributed by atoms with van der Waals surface area (Å²) in [5, 5.41) is 6.14. The molecular weight excluding hydrogens is 250 g/mol. The van der Waals surface area contributed by atoms with Crippen molar-refractivity contribution in [3.05, 3.63) is 29.8 Å². The normalized spacial score (nSPS) is 16.4. The summed E-state index contributed by atoms with van der Waals surface area (Å²) in [7, 11) is 1.64. The fourth-order valence-corrected chi connectivity index (χ4v) is 2.46.